The molecule has 2 aromatic carbocycles. The first kappa shape index (κ1) is 18.6. The van der Waals surface area contributed by atoms with Crippen LogP contribution in [-0.2, 0) is 17.8 Å². The van der Waals surface area contributed by atoms with Gasteiger partial charge in [-0.05, 0) is 41.8 Å². The molecule has 0 bridgehead atoms. The van der Waals surface area contributed by atoms with Crippen LogP contribution in [0.4, 0.5) is 0 Å². The molecule has 144 valence electrons. The van der Waals surface area contributed by atoms with Crippen molar-refractivity contribution in [3.8, 4) is 0 Å². The van der Waals surface area contributed by atoms with Crippen molar-refractivity contribution in [2.24, 2.45) is 5.10 Å². The highest BCUT2D eigenvalue weighted by molar-refractivity contribution is 5.91. The Morgan fingerprint density at radius 3 is 2.55 bits per heavy atom. The van der Waals surface area contributed by atoms with Crippen LogP contribution in [0.5, 0.6) is 0 Å². The fraction of sp³-hybridized carbons (Fsp3) is 0.125. The quantitative estimate of drug-likeness (QED) is 0.403. The number of hydrogen-bond acceptors (Lipinski definition) is 3. The Morgan fingerprint density at radius 1 is 1.03 bits per heavy atom. The lowest BCUT2D eigenvalue weighted by molar-refractivity contribution is -0.120. The Kier molecular flexibility index (Phi) is 5.47. The summed E-state index contributed by atoms with van der Waals surface area (Å²) in [5.74, 6) is -0.138. The third-order valence-corrected chi connectivity index (χ3v) is 4.99. The van der Waals surface area contributed by atoms with Gasteiger partial charge in [-0.1, -0.05) is 48.5 Å². The van der Waals surface area contributed by atoms with Crippen LogP contribution in [0, 0.1) is 6.92 Å². The zero-order valence-electron chi connectivity index (χ0n) is 16.2. The Morgan fingerprint density at radius 2 is 1.76 bits per heavy atom. The molecule has 0 fully saturated rings. The van der Waals surface area contributed by atoms with E-state index in [0.717, 1.165) is 34.3 Å². The van der Waals surface area contributed by atoms with Gasteiger partial charge in [-0.15, -0.1) is 0 Å². The Balaban J connectivity index is 1.56. The molecule has 0 aliphatic rings. The average Bonchev–Trinajstić information content (AvgIpc) is 3.01. The number of hydrazone groups is 1. The number of pyridine rings is 1. The molecule has 2 heterocycles. The standard InChI is InChI=1S/C24H22N4O/c1-18-22(15-24(29)27-26-16-19-11-13-25-14-12-19)21-9-5-6-10-23(21)28(18)17-20-7-3-2-4-8-20/h2-14,16H,15,17H2,1H3,(H,27,29)/b26-16+. The van der Waals surface area contributed by atoms with Crippen molar-refractivity contribution < 1.29 is 4.79 Å². The fourth-order valence-electron chi connectivity index (χ4n) is 3.52. The molecule has 4 aromatic rings. The smallest absolute Gasteiger partial charge is 0.244 e. The van der Waals surface area contributed by atoms with Gasteiger partial charge < -0.3 is 4.57 Å². The minimum absolute atomic E-state index is 0.138. The second-order valence-corrected chi connectivity index (χ2v) is 6.90. The highest BCUT2D eigenvalue weighted by Crippen LogP contribution is 2.27. The van der Waals surface area contributed by atoms with Crippen LogP contribution in [-0.4, -0.2) is 21.7 Å². The lowest BCUT2D eigenvalue weighted by Gasteiger charge is -2.09. The van der Waals surface area contributed by atoms with Gasteiger partial charge in [0.05, 0.1) is 12.6 Å². The summed E-state index contributed by atoms with van der Waals surface area (Å²) in [4.78, 5) is 16.5. The maximum atomic E-state index is 12.5. The molecule has 1 amide bonds. The molecule has 0 radical (unpaired) electrons. The first-order valence-electron chi connectivity index (χ1n) is 9.55. The molecule has 5 heteroatoms. The van der Waals surface area contributed by atoms with Crippen molar-refractivity contribution in [3.05, 3.63) is 102 Å². The largest absolute Gasteiger partial charge is 0.340 e. The monoisotopic (exact) mass is 382 g/mol. The van der Waals surface area contributed by atoms with E-state index in [0.29, 0.717) is 0 Å². The van der Waals surface area contributed by atoms with Gasteiger partial charge in [0.2, 0.25) is 5.91 Å². The third-order valence-electron chi connectivity index (χ3n) is 4.99. The summed E-state index contributed by atoms with van der Waals surface area (Å²) >= 11 is 0. The summed E-state index contributed by atoms with van der Waals surface area (Å²) < 4.78 is 2.27. The molecule has 0 atom stereocenters. The Hall–Kier alpha value is -3.73. The molecule has 0 saturated heterocycles. The molecular weight excluding hydrogens is 360 g/mol. The van der Waals surface area contributed by atoms with Crippen LogP contribution < -0.4 is 5.43 Å². The van der Waals surface area contributed by atoms with Crippen LogP contribution in [0.1, 0.15) is 22.4 Å². The number of aromatic nitrogens is 2. The summed E-state index contributed by atoms with van der Waals surface area (Å²) in [7, 11) is 0. The van der Waals surface area contributed by atoms with Crippen molar-refractivity contribution in [3.63, 3.8) is 0 Å². The number of benzene rings is 2. The van der Waals surface area contributed by atoms with E-state index < -0.39 is 0 Å². The van der Waals surface area contributed by atoms with E-state index in [4.69, 9.17) is 0 Å². The van der Waals surface area contributed by atoms with Crippen LogP contribution in [0.15, 0.2) is 84.2 Å². The molecule has 2 aromatic heterocycles. The molecule has 0 spiro atoms. The maximum absolute atomic E-state index is 12.5. The van der Waals surface area contributed by atoms with E-state index >= 15 is 0 Å². The summed E-state index contributed by atoms with van der Waals surface area (Å²) in [5, 5.41) is 5.17. The van der Waals surface area contributed by atoms with Crippen molar-refractivity contribution in [2.75, 3.05) is 0 Å². The van der Waals surface area contributed by atoms with Crippen molar-refractivity contribution in [2.45, 2.75) is 19.9 Å². The van der Waals surface area contributed by atoms with E-state index in [1.807, 2.05) is 42.5 Å². The summed E-state index contributed by atoms with van der Waals surface area (Å²) in [6, 6.07) is 22.2. The molecule has 4 rings (SSSR count). The van der Waals surface area contributed by atoms with Crippen LogP contribution in [0.25, 0.3) is 10.9 Å². The summed E-state index contributed by atoms with van der Waals surface area (Å²) in [5.41, 5.74) is 8.02. The average molecular weight is 382 g/mol. The number of carbonyl (C=O) groups is 1. The molecule has 5 nitrogen and oxygen atoms in total. The molecular formula is C24H22N4O. The highest BCUT2D eigenvalue weighted by atomic mass is 16.2. The molecule has 0 aliphatic carbocycles. The van der Waals surface area contributed by atoms with E-state index in [-0.39, 0.29) is 12.3 Å². The zero-order valence-corrected chi connectivity index (χ0v) is 16.2. The zero-order chi connectivity index (χ0) is 20.1. The van der Waals surface area contributed by atoms with Crippen molar-refractivity contribution in [1.82, 2.24) is 15.0 Å². The van der Waals surface area contributed by atoms with Gasteiger partial charge >= 0.3 is 0 Å². The Bertz CT molecular complexity index is 1150. The highest BCUT2D eigenvalue weighted by Gasteiger charge is 2.16. The van der Waals surface area contributed by atoms with Gasteiger partial charge in [-0.3, -0.25) is 9.78 Å². The third kappa shape index (κ3) is 4.24. The second-order valence-electron chi connectivity index (χ2n) is 6.90. The van der Waals surface area contributed by atoms with Gasteiger partial charge in [-0.2, -0.15) is 5.10 Å². The number of rotatable bonds is 6. The Labute approximate surface area is 169 Å². The fourth-order valence-corrected chi connectivity index (χ4v) is 3.52. The van der Waals surface area contributed by atoms with Gasteiger partial charge in [0.25, 0.3) is 0 Å². The molecule has 1 N–H and O–H groups in total. The lowest BCUT2D eigenvalue weighted by atomic mass is 10.1. The topological polar surface area (TPSA) is 59.3 Å². The number of hydrogen-bond donors (Lipinski definition) is 1. The molecule has 0 unspecified atom stereocenters. The normalized spacial score (nSPS) is 11.2. The predicted molar refractivity (Wildman–Crippen MR) is 116 cm³/mol. The van der Waals surface area contributed by atoms with Crippen molar-refractivity contribution in [1.29, 1.82) is 0 Å². The first-order valence-corrected chi connectivity index (χ1v) is 9.55. The lowest BCUT2D eigenvalue weighted by Crippen LogP contribution is -2.20. The van der Waals surface area contributed by atoms with Gasteiger partial charge in [-0.25, -0.2) is 5.43 Å². The number of amides is 1. The maximum Gasteiger partial charge on any atom is 0.244 e. The second kappa shape index (κ2) is 8.52. The van der Waals surface area contributed by atoms with Gasteiger partial charge in [0, 0.05) is 35.5 Å². The van der Waals surface area contributed by atoms with E-state index in [1.54, 1.807) is 18.6 Å². The van der Waals surface area contributed by atoms with E-state index in [9.17, 15) is 4.79 Å². The molecule has 29 heavy (non-hydrogen) atoms. The van der Waals surface area contributed by atoms with Crippen molar-refractivity contribution >= 4 is 23.0 Å². The van der Waals surface area contributed by atoms with E-state index in [1.165, 1.54) is 5.56 Å². The predicted octanol–water partition coefficient (Wildman–Crippen LogP) is 4.09. The number of fused-ring (bicyclic) bond motifs is 1. The number of nitrogens with zero attached hydrogens (tertiary/aromatic N) is 3. The van der Waals surface area contributed by atoms with Crippen LogP contribution in [0.2, 0.25) is 0 Å². The minimum atomic E-state index is -0.138. The summed E-state index contributed by atoms with van der Waals surface area (Å²) in [6.07, 6.45) is 5.27. The minimum Gasteiger partial charge on any atom is -0.340 e. The summed E-state index contributed by atoms with van der Waals surface area (Å²) in [6.45, 7) is 2.85. The van der Waals surface area contributed by atoms with E-state index in [2.05, 4.69) is 51.3 Å². The molecule has 0 saturated carbocycles. The van der Waals surface area contributed by atoms with Crippen LogP contribution in [0.3, 0.4) is 0 Å². The first-order chi connectivity index (χ1) is 14.2. The SMILES string of the molecule is Cc1c(CC(=O)N/N=C/c2ccncc2)c2ccccc2n1Cc1ccccc1. The van der Waals surface area contributed by atoms with Crippen LogP contribution >= 0.6 is 0 Å². The van der Waals surface area contributed by atoms with Gasteiger partial charge in [0.1, 0.15) is 0 Å². The number of nitrogens with one attached hydrogen (secondary N) is 1. The number of para-hydroxylation sites is 1. The number of carbonyl (C=O) groups excluding carboxylic acids is 1. The molecule has 0 aliphatic heterocycles. The van der Waals surface area contributed by atoms with Gasteiger partial charge in [0.15, 0.2) is 0 Å².